The van der Waals surface area contributed by atoms with Crippen molar-refractivity contribution in [3.63, 3.8) is 0 Å². The lowest BCUT2D eigenvalue weighted by Gasteiger charge is -2.10. The van der Waals surface area contributed by atoms with E-state index >= 15 is 0 Å². The molecule has 0 aliphatic heterocycles. The molecule has 0 aliphatic rings. The molecule has 0 bridgehead atoms. The number of nitrogens with two attached hydrogens (primary N) is 1. The molecular formula is C14H23ClN2O. The third-order valence-corrected chi connectivity index (χ3v) is 2.81. The van der Waals surface area contributed by atoms with Gasteiger partial charge in [0.1, 0.15) is 0 Å². The maximum atomic E-state index is 11.6. The molecule has 1 atom stereocenters. The van der Waals surface area contributed by atoms with Gasteiger partial charge in [0.05, 0.1) is 0 Å². The highest BCUT2D eigenvalue weighted by molar-refractivity contribution is 5.85. The number of aryl methyl sites for hydroxylation is 2. The van der Waals surface area contributed by atoms with Crippen molar-refractivity contribution >= 4 is 18.3 Å². The SMILES string of the molecule is Cc1ccc(CCC(=O)NCC(C)CN)cc1.Cl. The zero-order valence-corrected chi connectivity index (χ0v) is 11.9. The molecule has 3 nitrogen and oxygen atoms in total. The number of rotatable bonds is 6. The fourth-order valence-electron chi connectivity index (χ4n) is 1.47. The van der Waals surface area contributed by atoms with Gasteiger partial charge in [0.25, 0.3) is 0 Å². The van der Waals surface area contributed by atoms with Gasteiger partial charge in [-0.2, -0.15) is 0 Å². The molecule has 102 valence electrons. The van der Waals surface area contributed by atoms with Crippen LogP contribution in [0, 0.1) is 12.8 Å². The fourth-order valence-corrected chi connectivity index (χ4v) is 1.47. The van der Waals surface area contributed by atoms with Crippen LogP contribution in [0.4, 0.5) is 0 Å². The average molecular weight is 271 g/mol. The van der Waals surface area contributed by atoms with Crippen LogP contribution in [0.1, 0.15) is 24.5 Å². The molecule has 0 aromatic heterocycles. The molecule has 1 aromatic carbocycles. The van der Waals surface area contributed by atoms with E-state index in [1.165, 1.54) is 11.1 Å². The first kappa shape index (κ1) is 16.9. The van der Waals surface area contributed by atoms with Crippen molar-refractivity contribution in [1.29, 1.82) is 0 Å². The van der Waals surface area contributed by atoms with E-state index < -0.39 is 0 Å². The molecule has 0 radical (unpaired) electrons. The summed E-state index contributed by atoms with van der Waals surface area (Å²) in [7, 11) is 0. The van der Waals surface area contributed by atoms with Crippen LogP contribution < -0.4 is 11.1 Å². The van der Waals surface area contributed by atoms with Crippen molar-refractivity contribution in [2.45, 2.75) is 26.7 Å². The summed E-state index contributed by atoms with van der Waals surface area (Å²) in [5.74, 6) is 0.448. The highest BCUT2D eigenvalue weighted by Crippen LogP contribution is 2.05. The summed E-state index contributed by atoms with van der Waals surface area (Å²) in [4.78, 5) is 11.6. The van der Waals surface area contributed by atoms with Crippen LogP contribution in [0.3, 0.4) is 0 Å². The quantitative estimate of drug-likeness (QED) is 0.831. The van der Waals surface area contributed by atoms with Crippen LogP contribution in [0.15, 0.2) is 24.3 Å². The van der Waals surface area contributed by atoms with Crippen molar-refractivity contribution < 1.29 is 4.79 Å². The van der Waals surface area contributed by atoms with Gasteiger partial charge in [-0.05, 0) is 31.4 Å². The van der Waals surface area contributed by atoms with Crippen LogP contribution in [0.25, 0.3) is 0 Å². The Hall–Kier alpha value is -1.06. The standard InChI is InChI=1S/C14H22N2O.ClH/c1-11-3-5-13(6-4-11)7-8-14(17)16-10-12(2)9-15;/h3-6,12H,7-10,15H2,1-2H3,(H,16,17);1H. The Morgan fingerprint density at radius 2 is 1.94 bits per heavy atom. The number of hydrogen-bond acceptors (Lipinski definition) is 2. The smallest absolute Gasteiger partial charge is 0.220 e. The van der Waals surface area contributed by atoms with Crippen molar-refractivity contribution in [2.24, 2.45) is 11.7 Å². The van der Waals surface area contributed by atoms with Gasteiger partial charge in [-0.25, -0.2) is 0 Å². The lowest BCUT2D eigenvalue weighted by molar-refractivity contribution is -0.121. The zero-order chi connectivity index (χ0) is 12.7. The molecular weight excluding hydrogens is 248 g/mol. The second kappa shape index (κ2) is 8.95. The summed E-state index contributed by atoms with van der Waals surface area (Å²) in [5, 5.41) is 2.90. The Morgan fingerprint density at radius 1 is 1.33 bits per heavy atom. The molecule has 1 aromatic rings. The molecule has 1 amide bonds. The summed E-state index contributed by atoms with van der Waals surface area (Å²) in [6, 6.07) is 8.30. The number of carbonyl (C=O) groups is 1. The molecule has 0 aliphatic carbocycles. The molecule has 1 unspecified atom stereocenters. The van der Waals surface area contributed by atoms with E-state index in [0.717, 1.165) is 6.42 Å². The second-order valence-corrected chi connectivity index (χ2v) is 4.63. The lowest BCUT2D eigenvalue weighted by Crippen LogP contribution is -2.31. The lowest BCUT2D eigenvalue weighted by atomic mass is 10.1. The molecule has 1 rings (SSSR count). The fraction of sp³-hybridized carbons (Fsp3) is 0.500. The number of hydrogen-bond donors (Lipinski definition) is 2. The first-order chi connectivity index (χ1) is 8.11. The van der Waals surface area contributed by atoms with Gasteiger partial charge in [-0.3, -0.25) is 4.79 Å². The number of nitrogens with one attached hydrogen (secondary N) is 1. The van der Waals surface area contributed by atoms with Crippen molar-refractivity contribution in [2.75, 3.05) is 13.1 Å². The number of halogens is 1. The van der Waals surface area contributed by atoms with Crippen LogP contribution in [0.5, 0.6) is 0 Å². The minimum Gasteiger partial charge on any atom is -0.356 e. The van der Waals surface area contributed by atoms with Gasteiger partial charge in [-0.15, -0.1) is 12.4 Å². The van der Waals surface area contributed by atoms with Gasteiger partial charge < -0.3 is 11.1 Å². The normalized spacial score (nSPS) is 11.5. The van der Waals surface area contributed by atoms with E-state index in [4.69, 9.17) is 5.73 Å². The Morgan fingerprint density at radius 3 is 2.50 bits per heavy atom. The van der Waals surface area contributed by atoms with Crippen LogP contribution >= 0.6 is 12.4 Å². The summed E-state index contributed by atoms with van der Waals surface area (Å²) < 4.78 is 0. The van der Waals surface area contributed by atoms with Crippen LogP contribution in [-0.4, -0.2) is 19.0 Å². The predicted octanol–water partition coefficient (Wildman–Crippen LogP) is 2.06. The van der Waals surface area contributed by atoms with Crippen molar-refractivity contribution in [3.8, 4) is 0 Å². The van der Waals surface area contributed by atoms with Crippen LogP contribution in [0.2, 0.25) is 0 Å². The van der Waals surface area contributed by atoms with Gasteiger partial charge in [0.2, 0.25) is 5.91 Å². The first-order valence-electron chi connectivity index (χ1n) is 6.14. The molecule has 0 saturated heterocycles. The van der Waals surface area contributed by atoms with E-state index in [9.17, 15) is 4.79 Å². The number of carbonyl (C=O) groups excluding carboxylic acids is 1. The Bertz CT molecular complexity index is 351. The minimum absolute atomic E-state index is 0. The molecule has 4 heteroatoms. The zero-order valence-electron chi connectivity index (χ0n) is 11.1. The molecule has 0 heterocycles. The molecule has 0 saturated carbocycles. The minimum atomic E-state index is 0. The molecule has 3 N–H and O–H groups in total. The third-order valence-electron chi connectivity index (χ3n) is 2.81. The van der Waals surface area contributed by atoms with E-state index in [-0.39, 0.29) is 18.3 Å². The summed E-state index contributed by atoms with van der Waals surface area (Å²) >= 11 is 0. The summed E-state index contributed by atoms with van der Waals surface area (Å²) in [5.41, 5.74) is 7.94. The summed E-state index contributed by atoms with van der Waals surface area (Å²) in [6.07, 6.45) is 1.34. The van der Waals surface area contributed by atoms with Crippen LogP contribution in [-0.2, 0) is 11.2 Å². The predicted molar refractivity (Wildman–Crippen MR) is 78.0 cm³/mol. The van der Waals surface area contributed by atoms with Gasteiger partial charge >= 0.3 is 0 Å². The van der Waals surface area contributed by atoms with E-state index in [0.29, 0.717) is 25.4 Å². The first-order valence-corrected chi connectivity index (χ1v) is 6.14. The largest absolute Gasteiger partial charge is 0.356 e. The Kier molecular flexibility index (Phi) is 8.42. The highest BCUT2D eigenvalue weighted by atomic mass is 35.5. The van der Waals surface area contributed by atoms with E-state index in [1.807, 2.05) is 6.92 Å². The van der Waals surface area contributed by atoms with Crippen molar-refractivity contribution in [1.82, 2.24) is 5.32 Å². The maximum absolute atomic E-state index is 11.6. The van der Waals surface area contributed by atoms with E-state index in [1.54, 1.807) is 0 Å². The van der Waals surface area contributed by atoms with E-state index in [2.05, 4.69) is 36.5 Å². The van der Waals surface area contributed by atoms with Gasteiger partial charge in [-0.1, -0.05) is 36.8 Å². The monoisotopic (exact) mass is 270 g/mol. The molecule has 0 fully saturated rings. The molecule has 18 heavy (non-hydrogen) atoms. The van der Waals surface area contributed by atoms with Gasteiger partial charge in [0, 0.05) is 13.0 Å². The molecule has 0 spiro atoms. The maximum Gasteiger partial charge on any atom is 0.220 e. The third kappa shape index (κ3) is 6.62. The van der Waals surface area contributed by atoms with Gasteiger partial charge in [0.15, 0.2) is 0 Å². The highest BCUT2D eigenvalue weighted by Gasteiger charge is 2.04. The number of amides is 1. The average Bonchev–Trinajstić information content (AvgIpc) is 2.35. The van der Waals surface area contributed by atoms with Crippen molar-refractivity contribution in [3.05, 3.63) is 35.4 Å². The Balaban J connectivity index is 0.00000289. The number of benzene rings is 1. The second-order valence-electron chi connectivity index (χ2n) is 4.63. The summed E-state index contributed by atoms with van der Waals surface area (Å²) in [6.45, 7) is 5.37. The Labute approximate surface area is 116 Å². The topological polar surface area (TPSA) is 55.1 Å².